The lowest BCUT2D eigenvalue weighted by molar-refractivity contribution is -0.115. The summed E-state index contributed by atoms with van der Waals surface area (Å²) in [5, 5.41) is -0.883. The monoisotopic (exact) mass is 216 g/mol. The van der Waals surface area contributed by atoms with Gasteiger partial charge in [-0.1, -0.05) is 6.08 Å². The van der Waals surface area contributed by atoms with Crippen LogP contribution in [-0.4, -0.2) is 25.7 Å². The molecule has 80 valence electrons. The second kappa shape index (κ2) is 4.26. The lowest BCUT2D eigenvalue weighted by Gasteiger charge is -2.14. The normalized spacial score (nSPS) is 20.0. The van der Waals surface area contributed by atoms with Crippen molar-refractivity contribution in [2.75, 3.05) is 6.26 Å². The van der Waals surface area contributed by atoms with Gasteiger partial charge in [-0.3, -0.25) is 4.79 Å². The van der Waals surface area contributed by atoms with Crippen LogP contribution in [0, 0.1) is 0 Å². The fourth-order valence-corrected chi connectivity index (χ4v) is 2.06. The first-order chi connectivity index (χ1) is 6.43. The highest BCUT2D eigenvalue weighted by Gasteiger charge is 2.26. The summed E-state index contributed by atoms with van der Waals surface area (Å²) in [7, 11) is -3.24. The molecule has 1 aliphatic rings. The number of Topliss-reactive ketones (excluding diaryl/α,β-unsaturated/α-hetero) is 1. The van der Waals surface area contributed by atoms with Crippen molar-refractivity contribution >= 4 is 15.6 Å². The molecule has 0 N–H and O–H groups in total. The average molecular weight is 216 g/mol. The summed E-state index contributed by atoms with van der Waals surface area (Å²) >= 11 is 0. The minimum absolute atomic E-state index is 0.216. The number of sulfone groups is 1. The predicted molar refractivity (Wildman–Crippen MR) is 55.9 cm³/mol. The average Bonchev–Trinajstić information content (AvgIpc) is 2.15. The highest BCUT2D eigenvalue weighted by Crippen LogP contribution is 2.20. The van der Waals surface area contributed by atoms with E-state index in [4.69, 9.17) is 0 Å². The van der Waals surface area contributed by atoms with Gasteiger partial charge < -0.3 is 0 Å². The third-order valence-electron chi connectivity index (χ3n) is 2.62. The Kier molecular flexibility index (Phi) is 3.48. The van der Waals surface area contributed by atoms with Crippen molar-refractivity contribution in [1.29, 1.82) is 0 Å². The van der Waals surface area contributed by atoms with Crippen molar-refractivity contribution in [1.82, 2.24) is 0 Å². The third kappa shape index (κ3) is 2.67. The van der Waals surface area contributed by atoms with Gasteiger partial charge in [-0.15, -0.1) is 0 Å². The minimum Gasteiger partial charge on any atom is -0.293 e. The van der Waals surface area contributed by atoms with E-state index >= 15 is 0 Å². The molecule has 0 spiro atoms. The fraction of sp³-hybridized carbons (Fsp3) is 0.700. The molecule has 0 radical (unpaired) electrons. The van der Waals surface area contributed by atoms with E-state index in [2.05, 4.69) is 0 Å². The maximum absolute atomic E-state index is 11.7. The molecule has 0 saturated carbocycles. The maximum Gasteiger partial charge on any atom is 0.176 e. The standard InChI is InChI=1S/C10H16O3S/c1-8(14(2,12)13)10(11)9-6-4-3-5-7-9/h6,8H,3-5,7H2,1-2H3. The smallest absolute Gasteiger partial charge is 0.176 e. The lowest BCUT2D eigenvalue weighted by Crippen LogP contribution is -2.28. The van der Waals surface area contributed by atoms with Gasteiger partial charge in [-0.05, 0) is 38.2 Å². The van der Waals surface area contributed by atoms with E-state index in [9.17, 15) is 13.2 Å². The van der Waals surface area contributed by atoms with Crippen molar-refractivity contribution in [3.63, 3.8) is 0 Å². The number of ketones is 1. The molecular weight excluding hydrogens is 200 g/mol. The zero-order chi connectivity index (χ0) is 10.8. The number of hydrogen-bond acceptors (Lipinski definition) is 3. The summed E-state index contributed by atoms with van der Waals surface area (Å²) in [6.45, 7) is 1.47. The predicted octanol–water partition coefficient (Wildman–Crippen LogP) is 1.49. The van der Waals surface area contributed by atoms with Crippen molar-refractivity contribution in [2.24, 2.45) is 0 Å². The SMILES string of the molecule is CC(C(=O)C1=CCCCC1)S(C)(=O)=O. The largest absolute Gasteiger partial charge is 0.293 e. The summed E-state index contributed by atoms with van der Waals surface area (Å²) in [4.78, 5) is 11.7. The molecule has 1 aliphatic carbocycles. The van der Waals surface area contributed by atoms with Crippen molar-refractivity contribution < 1.29 is 13.2 Å². The zero-order valence-corrected chi connectivity index (χ0v) is 9.43. The molecular formula is C10H16O3S. The van der Waals surface area contributed by atoms with Crippen molar-refractivity contribution in [2.45, 2.75) is 37.9 Å². The van der Waals surface area contributed by atoms with Crippen LogP contribution in [0.1, 0.15) is 32.6 Å². The number of carbonyl (C=O) groups excluding carboxylic acids is 1. The van der Waals surface area contributed by atoms with Crippen LogP contribution in [0.4, 0.5) is 0 Å². The highest BCUT2D eigenvalue weighted by atomic mass is 32.2. The second-order valence-electron chi connectivity index (χ2n) is 3.81. The van der Waals surface area contributed by atoms with Crippen LogP contribution in [-0.2, 0) is 14.6 Å². The number of carbonyl (C=O) groups is 1. The van der Waals surface area contributed by atoms with E-state index in [1.165, 1.54) is 6.92 Å². The third-order valence-corrected chi connectivity index (χ3v) is 4.12. The first kappa shape index (κ1) is 11.4. The Hall–Kier alpha value is -0.640. The van der Waals surface area contributed by atoms with E-state index in [-0.39, 0.29) is 5.78 Å². The summed E-state index contributed by atoms with van der Waals surface area (Å²) in [5.74, 6) is -0.216. The van der Waals surface area contributed by atoms with Gasteiger partial charge in [0, 0.05) is 6.26 Å². The van der Waals surface area contributed by atoms with E-state index in [1.54, 1.807) is 0 Å². The molecule has 1 atom stereocenters. The van der Waals surface area contributed by atoms with Crippen LogP contribution in [0.2, 0.25) is 0 Å². The van der Waals surface area contributed by atoms with Gasteiger partial charge in [0.05, 0.1) is 0 Å². The molecule has 1 unspecified atom stereocenters. The van der Waals surface area contributed by atoms with E-state index in [0.717, 1.165) is 31.9 Å². The molecule has 0 fully saturated rings. The van der Waals surface area contributed by atoms with Crippen LogP contribution in [0.3, 0.4) is 0 Å². The quantitative estimate of drug-likeness (QED) is 0.718. The minimum atomic E-state index is -3.24. The van der Waals surface area contributed by atoms with Gasteiger partial charge in [0.25, 0.3) is 0 Å². The van der Waals surface area contributed by atoms with Gasteiger partial charge in [-0.2, -0.15) is 0 Å². The second-order valence-corrected chi connectivity index (χ2v) is 6.18. The summed E-state index contributed by atoms with van der Waals surface area (Å²) in [6.07, 6.45) is 6.72. The Bertz CT molecular complexity index is 352. The Morgan fingerprint density at radius 1 is 1.43 bits per heavy atom. The van der Waals surface area contributed by atoms with Gasteiger partial charge in [-0.25, -0.2) is 8.42 Å². The van der Waals surface area contributed by atoms with Crippen molar-refractivity contribution in [3.8, 4) is 0 Å². The van der Waals surface area contributed by atoms with E-state index < -0.39 is 15.1 Å². The van der Waals surface area contributed by atoms with E-state index in [0.29, 0.717) is 5.57 Å². The molecule has 14 heavy (non-hydrogen) atoms. The first-order valence-corrected chi connectivity index (χ1v) is 6.80. The molecule has 0 amide bonds. The van der Waals surface area contributed by atoms with Gasteiger partial charge in [0.1, 0.15) is 5.25 Å². The first-order valence-electron chi connectivity index (χ1n) is 4.85. The molecule has 0 heterocycles. The van der Waals surface area contributed by atoms with Crippen LogP contribution in [0.15, 0.2) is 11.6 Å². The lowest BCUT2D eigenvalue weighted by atomic mass is 9.95. The summed E-state index contributed by atoms with van der Waals surface area (Å²) in [6, 6.07) is 0. The Balaban J connectivity index is 2.80. The molecule has 0 saturated heterocycles. The van der Waals surface area contributed by atoms with Crippen LogP contribution >= 0.6 is 0 Å². The van der Waals surface area contributed by atoms with Crippen LogP contribution < -0.4 is 0 Å². The number of hydrogen-bond donors (Lipinski definition) is 0. The zero-order valence-electron chi connectivity index (χ0n) is 8.62. The van der Waals surface area contributed by atoms with Crippen molar-refractivity contribution in [3.05, 3.63) is 11.6 Å². The molecule has 0 aromatic rings. The van der Waals surface area contributed by atoms with E-state index in [1.807, 2.05) is 6.08 Å². The number of rotatable bonds is 3. The Morgan fingerprint density at radius 2 is 2.07 bits per heavy atom. The Labute approximate surface area is 85.1 Å². The molecule has 0 aromatic carbocycles. The van der Waals surface area contributed by atoms with Gasteiger partial charge in [0.15, 0.2) is 15.6 Å². The Morgan fingerprint density at radius 3 is 2.50 bits per heavy atom. The van der Waals surface area contributed by atoms with Gasteiger partial charge in [0.2, 0.25) is 0 Å². The topological polar surface area (TPSA) is 51.2 Å². The summed E-state index contributed by atoms with van der Waals surface area (Å²) in [5.41, 5.74) is 0.703. The highest BCUT2D eigenvalue weighted by molar-refractivity contribution is 7.92. The molecule has 0 aliphatic heterocycles. The fourth-order valence-electron chi connectivity index (χ4n) is 1.52. The van der Waals surface area contributed by atoms with Gasteiger partial charge >= 0.3 is 0 Å². The molecule has 0 bridgehead atoms. The molecule has 0 aromatic heterocycles. The molecule has 3 nitrogen and oxygen atoms in total. The van der Waals surface area contributed by atoms with Crippen LogP contribution in [0.25, 0.3) is 0 Å². The van der Waals surface area contributed by atoms with Crippen LogP contribution in [0.5, 0.6) is 0 Å². The molecule has 4 heteroatoms. The molecule has 1 rings (SSSR count). The number of allylic oxidation sites excluding steroid dienone is 2. The summed E-state index contributed by atoms with van der Waals surface area (Å²) < 4.78 is 22.3. The maximum atomic E-state index is 11.7.